The van der Waals surface area contributed by atoms with Crippen LogP contribution in [0.1, 0.15) is 36.3 Å². The van der Waals surface area contributed by atoms with Crippen LogP contribution in [0, 0.1) is 0 Å². The maximum absolute atomic E-state index is 12.1. The van der Waals surface area contributed by atoms with Crippen LogP contribution in [0.2, 0.25) is 0 Å². The van der Waals surface area contributed by atoms with Gasteiger partial charge in [0.25, 0.3) is 0 Å². The lowest BCUT2D eigenvalue weighted by molar-refractivity contribution is 0.235. The predicted molar refractivity (Wildman–Crippen MR) is 86.4 cm³/mol. The maximum Gasteiger partial charge on any atom is 0.315 e. The number of carbonyl (C=O) groups excluding carboxylic acids is 1. The third-order valence-electron chi connectivity index (χ3n) is 4.24. The molecule has 22 heavy (non-hydrogen) atoms. The Kier molecular flexibility index (Phi) is 4.68. The minimum absolute atomic E-state index is 0.100. The molecule has 2 atom stereocenters. The fraction of sp³-hybridized carbons (Fsp3) is 0.333. The van der Waals surface area contributed by atoms with Crippen molar-refractivity contribution in [3.63, 3.8) is 0 Å². The molecule has 0 spiro atoms. The van der Waals surface area contributed by atoms with Gasteiger partial charge in [-0.1, -0.05) is 42.8 Å². The fourth-order valence-corrected chi connectivity index (χ4v) is 3.14. The normalized spacial score (nSPS) is 20.5. The van der Waals surface area contributed by atoms with Gasteiger partial charge in [0.15, 0.2) is 0 Å². The van der Waals surface area contributed by atoms with Crippen molar-refractivity contribution in [1.29, 1.82) is 0 Å². The summed E-state index contributed by atoms with van der Waals surface area (Å²) < 4.78 is 0. The minimum Gasteiger partial charge on any atom is -0.335 e. The topological polar surface area (TPSA) is 54.0 Å². The summed E-state index contributed by atoms with van der Waals surface area (Å²) in [6.07, 6.45) is 6.83. The second-order valence-electron chi connectivity index (χ2n) is 5.74. The molecule has 1 aromatic heterocycles. The van der Waals surface area contributed by atoms with Crippen LogP contribution in [0.3, 0.4) is 0 Å². The summed E-state index contributed by atoms with van der Waals surface area (Å²) in [5.41, 5.74) is 2.32. The van der Waals surface area contributed by atoms with E-state index in [1.54, 1.807) is 12.4 Å². The number of amides is 2. The standard InChI is InChI=1S/C18H21N3O/c22-18(20-13-14-6-5-11-19-12-14)21-17-10-4-9-16(17)15-7-2-1-3-8-15/h1-3,5-8,11-12,16-17H,4,9-10,13H2,(H2,20,21,22)/t16-,17+/m0/s1. The van der Waals surface area contributed by atoms with Gasteiger partial charge in [-0.25, -0.2) is 4.79 Å². The number of hydrogen-bond acceptors (Lipinski definition) is 2. The van der Waals surface area contributed by atoms with Crippen molar-refractivity contribution >= 4 is 6.03 Å². The average Bonchev–Trinajstić information content (AvgIpc) is 3.03. The molecule has 0 bridgehead atoms. The van der Waals surface area contributed by atoms with Gasteiger partial charge in [-0.2, -0.15) is 0 Å². The summed E-state index contributed by atoms with van der Waals surface area (Å²) in [5.74, 6) is 0.422. The molecule has 0 unspecified atom stereocenters. The average molecular weight is 295 g/mol. The monoisotopic (exact) mass is 295 g/mol. The minimum atomic E-state index is -0.100. The summed E-state index contributed by atoms with van der Waals surface area (Å²) >= 11 is 0. The predicted octanol–water partition coefficient (Wildman–Crippen LogP) is 3.22. The Hall–Kier alpha value is -2.36. The number of nitrogens with zero attached hydrogens (tertiary/aromatic N) is 1. The first-order valence-corrected chi connectivity index (χ1v) is 7.81. The molecule has 4 nitrogen and oxygen atoms in total. The molecule has 114 valence electrons. The van der Waals surface area contributed by atoms with Crippen molar-refractivity contribution in [1.82, 2.24) is 15.6 Å². The third kappa shape index (κ3) is 3.64. The van der Waals surface area contributed by atoms with Crippen LogP contribution >= 0.6 is 0 Å². The molecule has 2 amide bonds. The zero-order valence-corrected chi connectivity index (χ0v) is 12.5. The van der Waals surface area contributed by atoms with Crippen LogP contribution in [0.5, 0.6) is 0 Å². The summed E-state index contributed by atoms with van der Waals surface area (Å²) in [6.45, 7) is 0.502. The van der Waals surface area contributed by atoms with Crippen LogP contribution in [0.4, 0.5) is 4.79 Å². The van der Waals surface area contributed by atoms with Gasteiger partial charge in [-0.15, -0.1) is 0 Å². The number of carbonyl (C=O) groups is 1. The second-order valence-corrected chi connectivity index (χ2v) is 5.74. The number of pyridine rings is 1. The SMILES string of the molecule is O=C(NCc1cccnc1)N[C@@H]1CCC[C@H]1c1ccccc1. The summed E-state index contributed by atoms with van der Waals surface area (Å²) in [4.78, 5) is 16.2. The molecule has 1 fully saturated rings. The van der Waals surface area contributed by atoms with Gasteiger partial charge in [0.1, 0.15) is 0 Å². The Morgan fingerprint density at radius 1 is 1.14 bits per heavy atom. The van der Waals surface area contributed by atoms with Crippen molar-refractivity contribution in [2.24, 2.45) is 0 Å². The van der Waals surface area contributed by atoms with Crippen molar-refractivity contribution in [3.05, 3.63) is 66.0 Å². The van der Waals surface area contributed by atoms with Crippen LogP contribution in [0.25, 0.3) is 0 Å². The smallest absolute Gasteiger partial charge is 0.315 e. The molecule has 3 rings (SSSR count). The van der Waals surface area contributed by atoms with Crippen LogP contribution in [-0.4, -0.2) is 17.1 Å². The van der Waals surface area contributed by atoms with E-state index in [1.165, 1.54) is 5.56 Å². The van der Waals surface area contributed by atoms with E-state index in [0.29, 0.717) is 12.5 Å². The maximum atomic E-state index is 12.1. The molecule has 1 saturated carbocycles. The molecular formula is C18H21N3O. The lowest BCUT2D eigenvalue weighted by Crippen LogP contribution is -2.42. The molecule has 1 aliphatic rings. The van der Waals surface area contributed by atoms with E-state index in [1.807, 2.05) is 18.2 Å². The van der Waals surface area contributed by atoms with Gasteiger partial charge < -0.3 is 10.6 Å². The van der Waals surface area contributed by atoms with E-state index in [0.717, 1.165) is 24.8 Å². The van der Waals surface area contributed by atoms with E-state index in [2.05, 4.69) is 39.9 Å². The fourth-order valence-electron chi connectivity index (χ4n) is 3.14. The van der Waals surface area contributed by atoms with Crippen LogP contribution < -0.4 is 10.6 Å². The summed E-state index contributed by atoms with van der Waals surface area (Å²) in [6, 6.07) is 14.4. The largest absolute Gasteiger partial charge is 0.335 e. The first-order valence-electron chi connectivity index (χ1n) is 7.81. The van der Waals surface area contributed by atoms with Crippen LogP contribution in [-0.2, 0) is 6.54 Å². The van der Waals surface area contributed by atoms with Crippen molar-refractivity contribution in [2.45, 2.75) is 37.8 Å². The lowest BCUT2D eigenvalue weighted by atomic mass is 9.94. The Balaban J connectivity index is 1.54. The first-order chi connectivity index (χ1) is 10.8. The molecule has 2 N–H and O–H groups in total. The Morgan fingerprint density at radius 3 is 2.77 bits per heavy atom. The zero-order chi connectivity index (χ0) is 15.2. The number of hydrogen-bond donors (Lipinski definition) is 2. The van der Waals surface area contributed by atoms with Gasteiger partial charge in [-0.05, 0) is 30.0 Å². The molecular weight excluding hydrogens is 274 g/mol. The van der Waals surface area contributed by atoms with Crippen molar-refractivity contribution in [2.75, 3.05) is 0 Å². The van der Waals surface area contributed by atoms with Gasteiger partial charge in [0.05, 0.1) is 0 Å². The number of nitrogens with one attached hydrogen (secondary N) is 2. The van der Waals surface area contributed by atoms with E-state index in [9.17, 15) is 4.79 Å². The van der Waals surface area contributed by atoms with Gasteiger partial charge in [0.2, 0.25) is 0 Å². The number of urea groups is 1. The van der Waals surface area contributed by atoms with Crippen LogP contribution in [0.15, 0.2) is 54.9 Å². The highest BCUT2D eigenvalue weighted by Gasteiger charge is 2.29. The summed E-state index contributed by atoms with van der Waals surface area (Å²) in [7, 11) is 0. The number of benzene rings is 1. The molecule has 0 radical (unpaired) electrons. The third-order valence-corrected chi connectivity index (χ3v) is 4.24. The van der Waals surface area contributed by atoms with E-state index in [4.69, 9.17) is 0 Å². The van der Waals surface area contributed by atoms with Crippen molar-refractivity contribution < 1.29 is 4.79 Å². The summed E-state index contributed by atoms with van der Waals surface area (Å²) in [5, 5.41) is 6.04. The molecule has 1 heterocycles. The van der Waals surface area contributed by atoms with E-state index < -0.39 is 0 Å². The lowest BCUT2D eigenvalue weighted by Gasteiger charge is -2.21. The van der Waals surface area contributed by atoms with E-state index in [-0.39, 0.29) is 12.1 Å². The molecule has 1 aliphatic carbocycles. The molecule has 0 saturated heterocycles. The quantitative estimate of drug-likeness (QED) is 0.910. The number of rotatable bonds is 4. The highest BCUT2D eigenvalue weighted by atomic mass is 16.2. The molecule has 1 aromatic carbocycles. The Labute approximate surface area is 131 Å². The van der Waals surface area contributed by atoms with Gasteiger partial charge in [-0.3, -0.25) is 4.98 Å². The second kappa shape index (κ2) is 7.07. The Morgan fingerprint density at radius 2 is 2.00 bits per heavy atom. The van der Waals surface area contributed by atoms with Gasteiger partial charge in [0, 0.05) is 30.9 Å². The highest BCUT2D eigenvalue weighted by Crippen LogP contribution is 2.34. The number of aromatic nitrogens is 1. The zero-order valence-electron chi connectivity index (χ0n) is 12.5. The first kappa shape index (κ1) is 14.6. The Bertz CT molecular complexity index is 600. The molecule has 2 aromatic rings. The van der Waals surface area contributed by atoms with Gasteiger partial charge >= 0.3 is 6.03 Å². The van der Waals surface area contributed by atoms with Crippen molar-refractivity contribution in [3.8, 4) is 0 Å². The van der Waals surface area contributed by atoms with E-state index >= 15 is 0 Å². The molecule has 0 aliphatic heterocycles. The highest BCUT2D eigenvalue weighted by molar-refractivity contribution is 5.74. The molecule has 4 heteroatoms.